The second kappa shape index (κ2) is 12.0. The zero-order chi connectivity index (χ0) is 22.0. The first-order chi connectivity index (χ1) is 15.7. The molecule has 0 radical (unpaired) electrons. The molecule has 2 amide bonds. The molecule has 2 saturated heterocycles. The van der Waals surface area contributed by atoms with E-state index in [0.29, 0.717) is 13.1 Å². The standard InChI is InChI=1S/C25H34N4O3/c30-25(26-17-21-1-5-23(6-2-21)19-28-9-13-31-14-10-28)27-18-22-3-7-24(8-4-22)20-29-11-15-32-16-12-29/h1-8H,9-20H2,(H2,26,27,30). The van der Waals surface area contributed by atoms with Crippen LogP contribution in [0.2, 0.25) is 0 Å². The van der Waals surface area contributed by atoms with Gasteiger partial charge in [0.1, 0.15) is 0 Å². The summed E-state index contributed by atoms with van der Waals surface area (Å²) < 4.78 is 10.8. The third kappa shape index (κ3) is 7.31. The van der Waals surface area contributed by atoms with E-state index in [4.69, 9.17) is 9.47 Å². The zero-order valence-electron chi connectivity index (χ0n) is 18.7. The average Bonchev–Trinajstić information content (AvgIpc) is 2.84. The Labute approximate surface area is 190 Å². The summed E-state index contributed by atoms with van der Waals surface area (Å²) in [5.41, 5.74) is 4.77. The van der Waals surface area contributed by atoms with Gasteiger partial charge in [0.2, 0.25) is 0 Å². The lowest BCUT2D eigenvalue weighted by Crippen LogP contribution is -2.35. The number of nitrogens with one attached hydrogen (secondary N) is 2. The Balaban J connectivity index is 1.15. The number of carbonyl (C=O) groups is 1. The van der Waals surface area contributed by atoms with Crippen molar-refractivity contribution in [2.75, 3.05) is 52.6 Å². The van der Waals surface area contributed by atoms with Crippen LogP contribution in [0.3, 0.4) is 0 Å². The van der Waals surface area contributed by atoms with Gasteiger partial charge in [-0.05, 0) is 22.3 Å². The summed E-state index contributed by atoms with van der Waals surface area (Å²) in [6, 6.07) is 16.8. The van der Waals surface area contributed by atoms with E-state index in [-0.39, 0.29) is 6.03 Å². The van der Waals surface area contributed by atoms with Gasteiger partial charge in [0.15, 0.2) is 0 Å². The molecule has 32 heavy (non-hydrogen) atoms. The molecule has 0 spiro atoms. The number of benzene rings is 2. The van der Waals surface area contributed by atoms with Gasteiger partial charge in [0.05, 0.1) is 26.4 Å². The van der Waals surface area contributed by atoms with Crippen molar-refractivity contribution in [1.82, 2.24) is 20.4 Å². The third-order valence-corrected chi connectivity index (χ3v) is 5.97. The summed E-state index contributed by atoms with van der Waals surface area (Å²) in [6.45, 7) is 10.1. The minimum Gasteiger partial charge on any atom is -0.379 e. The molecule has 0 saturated carbocycles. The second-order valence-electron chi connectivity index (χ2n) is 8.45. The highest BCUT2D eigenvalue weighted by Gasteiger charge is 2.11. The van der Waals surface area contributed by atoms with E-state index < -0.39 is 0 Å². The number of rotatable bonds is 8. The smallest absolute Gasteiger partial charge is 0.315 e. The Morgan fingerprint density at radius 2 is 0.969 bits per heavy atom. The minimum atomic E-state index is -0.153. The predicted octanol–water partition coefficient (Wildman–Crippen LogP) is 2.35. The maximum atomic E-state index is 12.2. The summed E-state index contributed by atoms with van der Waals surface area (Å²) >= 11 is 0. The molecular formula is C25H34N4O3. The Morgan fingerprint density at radius 1 is 0.625 bits per heavy atom. The maximum absolute atomic E-state index is 12.2. The first-order valence-electron chi connectivity index (χ1n) is 11.5. The molecule has 2 heterocycles. The Morgan fingerprint density at radius 3 is 1.34 bits per heavy atom. The SMILES string of the molecule is O=C(NCc1ccc(CN2CCOCC2)cc1)NCc1ccc(CN2CCOCC2)cc1. The fraction of sp³-hybridized carbons (Fsp3) is 0.480. The molecule has 0 atom stereocenters. The summed E-state index contributed by atoms with van der Waals surface area (Å²) in [5, 5.41) is 5.88. The van der Waals surface area contributed by atoms with Crippen molar-refractivity contribution in [3.05, 3.63) is 70.8 Å². The lowest BCUT2D eigenvalue weighted by atomic mass is 10.1. The van der Waals surface area contributed by atoms with Crippen molar-refractivity contribution in [3.8, 4) is 0 Å². The van der Waals surface area contributed by atoms with Crippen LogP contribution in [0.1, 0.15) is 22.3 Å². The Kier molecular flexibility index (Phi) is 8.50. The monoisotopic (exact) mass is 438 g/mol. The van der Waals surface area contributed by atoms with Crippen LogP contribution in [0, 0.1) is 0 Å². The molecule has 2 N–H and O–H groups in total. The second-order valence-corrected chi connectivity index (χ2v) is 8.45. The number of nitrogens with zero attached hydrogens (tertiary/aromatic N) is 2. The topological polar surface area (TPSA) is 66.1 Å². The van der Waals surface area contributed by atoms with Crippen LogP contribution in [0.15, 0.2) is 48.5 Å². The fourth-order valence-corrected chi connectivity index (χ4v) is 3.99. The van der Waals surface area contributed by atoms with Crippen LogP contribution >= 0.6 is 0 Å². The molecule has 172 valence electrons. The van der Waals surface area contributed by atoms with E-state index in [0.717, 1.165) is 76.8 Å². The van der Waals surface area contributed by atoms with Crippen LogP contribution in [0.25, 0.3) is 0 Å². The molecule has 2 aliphatic rings. The van der Waals surface area contributed by atoms with Crippen molar-refractivity contribution in [1.29, 1.82) is 0 Å². The molecule has 0 bridgehead atoms. The van der Waals surface area contributed by atoms with Crippen LogP contribution in [0.4, 0.5) is 4.79 Å². The largest absolute Gasteiger partial charge is 0.379 e. The van der Waals surface area contributed by atoms with Gasteiger partial charge in [-0.1, -0.05) is 48.5 Å². The van der Waals surface area contributed by atoms with Crippen molar-refractivity contribution in [3.63, 3.8) is 0 Å². The zero-order valence-corrected chi connectivity index (χ0v) is 18.7. The molecule has 2 aliphatic heterocycles. The van der Waals surface area contributed by atoms with Gasteiger partial charge < -0.3 is 20.1 Å². The number of amides is 2. The molecule has 0 aromatic heterocycles. The summed E-state index contributed by atoms with van der Waals surface area (Å²) in [4.78, 5) is 17.0. The summed E-state index contributed by atoms with van der Waals surface area (Å²) in [7, 11) is 0. The van der Waals surface area contributed by atoms with Crippen LogP contribution in [-0.2, 0) is 35.7 Å². The van der Waals surface area contributed by atoms with Gasteiger partial charge in [0, 0.05) is 52.4 Å². The van der Waals surface area contributed by atoms with E-state index in [1.807, 2.05) is 0 Å². The quantitative estimate of drug-likeness (QED) is 0.662. The Hall–Kier alpha value is -2.45. The van der Waals surface area contributed by atoms with Crippen molar-refractivity contribution in [2.24, 2.45) is 0 Å². The van der Waals surface area contributed by atoms with Crippen molar-refractivity contribution < 1.29 is 14.3 Å². The van der Waals surface area contributed by atoms with Crippen LogP contribution < -0.4 is 10.6 Å². The molecule has 0 unspecified atom stereocenters. The van der Waals surface area contributed by atoms with E-state index in [1.165, 1.54) is 11.1 Å². The van der Waals surface area contributed by atoms with Gasteiger partial charge in [-0.25, -0.2) is 4.79 Å². The number of urea groups is 1. The molecule has 0 aliphatic carbocycles. The number of carbonyl (C=O) groups excluding carboxylic acids is 1. The summed E-state index contributed by atoms with van der Waals surface area (Å²) in [6.07, 6.45) is 0. The molecule has 2 aromatic carbocycles. The van der Waals surface area contributed by atoms with Crippen LogP contribution in [0.5, 0.6) is 0 Å². The van der Waals surface area contributed by atoms with Crippen molar-refractivity contribution in [2.45, 2.75) is 26.2 Å². The molecule has 7 nitrogen and oxygen atoms in total. The predicted molar refractivity (Wildman–Crippen MR) is 124 cm³/mol. The number of hydrogen-bond acceptors (Lipinski definition) is 5. The number of morpholine rings is 2. The summed E-state index contributed by atoms with van der Waals surface area (Å²) in [5.74, 6) is 0. The van der Waals surface area contributed by atoms with Crippen molar-refractivity contribution >= 4 is 6.03 Å². The maximum Gasteiger partial charge on any atom is 0.315 e. The molecule has 7 heteroatoms. The third-order valence-electron chi connectivity index (χ3n) is 5.97. The van der Waals surface area contributed by atoms with E-state index in [9.17, 15) is 4.79 Å². The van der Waals surface area contributed by atoms with Crippen LogP contribution in [-0.4, -0.2) is 68.4 Å². The highest BCUT2D eigenvalue weighted by molar-refractivity contribution is 5.73. The molecule has 2 fully saturated rings. The first-order valence-corrected chi connectivity index (χ1v) is 11.5. The normalized spacial score (nSPS) is 17.8. The van der Waals surface area contributed by atoms with E-state index in [1.54, 1.807) is 0 Å². The highest BCUT2D eigenvalue weighted by Crippen LogP contribution is 2.10. The highest BCUT2D eigenvalue weighted by atomic mass is 16.5. The lowest BCUT2D eigenvalue weighted by Gasteiger charge is -2.26. The van der Waals surface area contributed by atoms with Gasteiger partial charge >= 0.3 is 6.03 Å². The van der Waals surface area contributed by atoms with E-state index >= 15 is 0 Å². The fourth-order valence-electron chi connectivity index (χ4n) is 3.99. The average molecular weight is 439 g/mol. The van der Waals surface area contributed by atoms with Gasteiger partial charge in [0.25, 0.3) is 0 Å². The van der Waals surface area contributed by atoms with Gasteiger partial charge in [-0.3, -0.25) is 9.80 Å². The van der Waals surface area contributed by atoms with E-state index in [2.05, 4.69) is 69.0 Å². The first kappa shape index (κ1) is 22.7. The van der Waals surface area contributed by atoms with Gasteiger partial charge in [-0.15, -0.1) is 0 Å². The number of hydrogen-bond donors (Lipinski definition) is 2. The Bertz CT molecular complexity index is 760. The molecular weight excluding hydrogens is 404 g/mol. The molecule has 4 rings (SSSR count). The lowest BCUT2D eigenvalue weighted by molar-refractivity contribution is 0.0341. The minimum absolute atomic E-state index is 0.153. The molecule has 2 aromatic rings. The number of ether oxygens (including phenoxy) is 2. The van der Waals surface area contributed by atoms with Gasteiger partial charge in [-0.2, -0.15) is 0 Å².